The highest BCUT2D eigenvalue weighted by Gasteiger charge is 2.28. The summed E-state index contributed by atoms with van der Waals surface area (Å²) in [5, 5.41) is 0. The van der Waals surface area contributed by atoms with Crippen LogP contribution in [-0.4, -0.2) is 5.78 Å². The van der Waals surface area contributed by atoms with Crippen LogP contribution in [0.5, 0.6) is 0 Å². The van der Waals surface area contributed by atoms with Gasteiger partial charge in [0.25, 0.3) is 0 Å². The van der Waals surface area contributed by atoms with Crippen LogP contribution >= 0.6 is 0 Å². The average Bonchev–Trinajstić information content (AvgIpc) is 1.79. The van der Waals surface area contributed by atoms with E-state index in [-0.39, 0.29) is 11.2 Å². The van der Waals surface area contributed by atoms with Gasteiger partial charge in [-0.2, -0.15) is 0 Å². The molecule has 0 aromatic heterocycles. The smallest absolute Gasteiger partial charge is 0.158 e. The summed E-state index contributed by atoms with van der Waals surface area (Å²) in [7, 11) is 0. The van der Waals surface area contributed by atoms with Gasteiger partial charge in [0.2, 0.25) is 0 Å². The van der Waals surface area contributed by atoms with Crippen molar-refractivity contribution in [1.82, 2.24) is 0 Å². The summed E-state index contributed by atoms with van der Waals surface area (Å²) in [6.07, 6.45) is 2.69. The van der Waals surface area contributed by atoms with Crippen LogP contribution in [0.2, 0.25) is 0 Å². The molecule has 1 heteroatoms. The van der Waals surface area contributed by atoms with E-state index < -0.39 is 0 Å². The molecule has 0 heterocycles. The van der Waals surface area contributed by atoms with E-state index in [0.717, 1.165) is 18.4 Å². The van der Waals surface area contributed by atoms with E-state index in [0.29, 0.717) is 6.42 Å². The summed E-state index contributed by atoms with van der Waals surface area (Å²) in [5.74, 6) is 0.260. The van der Waals surface area contributed by atoms with Crippen molar-refractivity contribution in [1.29, 1.82) is 0 Å². The fraction of sp³-hybridized carbons (Fsp3) is 0.667. The second-order valence-corrected chi connectivity index (χ2v) is 3.87. The Labute approximate surface area is 62.1 Å². The maximum atomic E-state index is 11.1. The first-order valence-electron chi connectivity index (χ1n) is 3.72. The Bertz CT molecular complexity index is 177. The van der Waals surface area contributed by atoms with Gasteiger partial charge < -0.3 is 0 Å². The Hall–Kier alpha value is -0.590. The van der Waals surface area contributed by atoms with Gasteiger partial charge in [0, 0.05) is 6.42 Å². The van der Waals surface area contributed by atoms with E-state index in [1.54, 1.807) is 0 Å². The van der Waals surface area contributed by atoms with Gasteiger partial charge in [-0.3, -0.25) is 4.79 Å². The van der Waals surface area contributed by atoms with Gasteiger partial charge in [-0.1, -0.05) is 20.4 Å². The van der Waals surface area contributed by atoms with Crippen molar-refractivity contribution in [3.63, 3.8) is 0 Å². The van der Waals surface area contributed by atoms with E-state index in [1.165, 1.54) is 0 Å². The fourth-order valence-electron chi connectivity index (χ4n) is 1.28. The molecule has 0 aromatic rings. The van der Waals surface area contributed by atoms with Crippen molar-refractivity contribution in [3.05, 3.63) is 12.2 Å². The van der Waals surface area contributed by atoms with E-state index in [1.807, 2.05) is 0 Å². The number of rotatable bonds is 0. The summed E-state index contributed by atoms with van der Waals surface area (Å²) in [4.78, 5) is 11.1. The maximum Gasteiger partial charge on any atom is 0.158 e. The van der Waals surface area contributed by atoms with Gasteiger partial charge in [0.05, 0.1) is 0 Å². The fourth-order valence-corrected chi connectivity index (χ4v) is 1.28. The molecule has 1 rings (SSSR count). The van der Waals surface area contributed by atoms with Crippen LogP contribution in [0.15, 0.2) is 12.2 Å². The first-order valence-corrected chi connectivity index (χ1v) is 3.72. The van der Waals surface area contributed by atoms with Crippen molar-refractivity contribution in [3.8, 4) is 0 Å². The zero-order chi connectivity index (χ0) is 7.78. The van der Waals surface area contributed by atoms with Gasteiger partial charge in [0.1, 0.15) is 0 Å². The van der Waals surface area contributed by atoms with Crippen molar-refractivity contribution >= 4 is 5.78 Å². The molecule has 56 valence electrons. The molecule has 1 fully saturated rings. The molecule has 0 amide bonds. The first-order chi connectivity index (χ1) is 4.51. The summed E-state index contributed by atoms with van der Waals surface area (Å²) in [5.41, 5.74) is 1.04. The molecule has 0 radical (unpaired) electrons. The third-order valence-electron chi connectivity index (χ3n) is 2.14. The minimum Gasteiger partial charge on any atom is -0.295 e. The van der Waals surface area contributed by atoms with E-state index in [2.05, 4.69) is 20.4 Å². The second kappa shape index (κ2) is 2.22. The number of allylic oxidation sites excluding steroid dienone is 1. The van der Waals surface area contributed by atoms with Gasteiger partial charge >= 0.3 is 0 Å². The minimum absolute atomic E-state index is 0.221. The molecular weight excluding hydrogens is 124 g/mol. The zero-order valence-corrected chi connectivity index (χ0v) is 6.74. The number of carbonyl (C=O) groups excluding carboxylic acids is 1. The molecule has 1 aliphatic rings. The molecule has 0 bridgehead atoms. The molecule has 0 aromatic carbocycles. The molecule has 0 atom stereocenters. The lowest BCUT2D eigenvalue weighted by atomic mass is 9.75. The minimum atomic E-state index is 0.221. The summed E-state index contributed by atoms with van der Waals surface area (Å²) < 4.78 is 0. The summed E-state index contributed by atoms with van der Waals surface area (Å²) in [6, 6.07) is 0. The van der Waals surface area contributed by atoms with Crippen LogP contribution < -0.4 is 0 Å². The molecule has 1 saturated carbocycles. The Morgan fingerprint density at radius 2 is 2.10 bits per heavy atom. The molecular formula is C9H14O. The van der Waals surface area contributed by atoms with E-state index >= 15 is 0 Å². The Morgan fingerprint density at radius 3 is 2.50 bits per heavy atom. The average molecular weight is 138 g/mol. The zero-order valence-electron chi connectivity index (χ0n) is 6.74. The third kappa shape index (κ3) is 1.47. The highest BCUT2D eigenvalue weighted by Crippen LogP contribution is 2.34. The Kier molecular flexibility index (Phi) is 1.67. The van der Waals surface area contributed by atoms with Gasteiger partial charge in [-0.05, 0) is 23.8 Å². The first kappa shape index (κ1) is 7.52. The number of hydrogen-bond donors (Lipinski definition) is 0. The number of ketones is 1. The van der Waals surface area contributed by atoms with E-state index in [4.69, 9.17) is 0 Å². The van der Waals surface area contributed by atoms with Gasteiger partial charge in [-0.25, -0.2) is 0 Å². The lowest BCUT2D eigenvalue weighted by Gasteiger charge is -2.28. The molecule has 10 heavy (non-hydrogen) atoms. The predicted molar refractivity (Wildman–Crippen MR) is 41.8 cm³/mol. The van der Waals surface area contributed by atoms with Crippen LogP contribution in [0.3, 0.4) is 0 Å². The molecule has 0 N–H and O–H groups in total. The normalized spacial score (nSPS) is 25.0. The summed E-state index contributed by atoms with van der Waals surface area (Å²) in [6.45, 7) is 7.98. The van der Waals surface area contributed by atoms with Gasteiger partial charge in [0.15, 0.2) is 5.78 Å². The van der Waals surface area contributed by atoms with Crippen LogP contribution in [0.4, 0.5) is 0 Å². The molecule has 0 aliphatic heterocycles. The molecule has 0 saturated heterocycles. The van der Waals surface area contributed by atoms with Gasteiger partial charge in [-0.15, -0.1) is 0 Å². The molecule has 0 spiro atoms. The highest BCUT2D eigenvalue weighted by atomic mass is 16.1. The van der Waals surface area contributed by atoms with Crippen LogP contribution in [-0.2, 0) is 4.79 Å². The third-order valence-corrected chi connectivity index (χ3v) is 2.14. The van der Waals surface area contributed by atoms with Crippen molar-refractivity contribution in [2.75, 3.05) is 0 Å². The second-order valence-electron chi connectivity index (χ2n) is 3.87. The quantitative estimate of drug-likeness (QED) is 0.469. The van der Waals surface area contributed by atoms with Crippen LogP contribution in [0.1, 0.15) is 33.1 Å². The molecule has 0 unspecified atom stereocenters. The predicted octanol–water partition coefficient (Wildman–Crippen LogP) is 2.32. The number of carbonyl (C=O) groups is 1. The lowest BCUT2D eigenvalue weighted by molar-refractivity contribution is -0.118. The largest absolute Gasteiger partial charge is 0.295 e. The SMILES string of the molecule is C=C1CCC(C)(C)CC1=O. The van der Waals surface area contributed by atoms with Crippen LogP contribution in [0, 0.1) is 5.41 Å². The number of hydrogen-bond acceptors (Lipinski definition) is 1. The van der Waals surface area contributed by atoms with Crippen molar-refractivity contribution < 1.29 is 4.79 Å². The van der Waals surface area contributed by atoms with E-state index in [9.17, 15) is 4.79 Å². The monoisotopic (exact) mass is 138 g/mol. The Morgan fingerprint density at radius 1 is 1.50 bits per heavy atom. The van der Waals surface area contributed by atoms with Crippen LogP contribution in [0.25, 0.3) is 0 Å². The maximum absolute atomic E-state index is 11.1. The Balaban J connectivity index is 2.66. The van der Waals surface area contributed by atoms with Crippen molar-refractivity contribution in [2.45, 2.75) is 33.1 Å². The molecule has 1 aliphatic carbocycles. The number of Topliss-reactive ketones (excluding diaryl/α,β-unsaturated/α-hetero) is 1. The lowest BCUT2D eigenvalue weighted by Crippen LogP contribution is -2.23. The summed E-state index contributed by atoms with van der Waals surface area (Å²) >= 11 is 0. The topological polar surface area (TPSA) is 17.1 Å². The molecule has 1 nitrogen and oxygen atoms in total. The standard InChI is InChI=1S/C9H14O/c1-7-4-5-9(2,3)6-8(7)10/h1,4-6H2,2-3H3. The highest BCUT2D eigenvalue weighted by molar-refractivity contribution is 5.95. The van der Waals surface area contributed by atoms with Crippen molar-refractivity contribution in [2.24, 2.45) is 5.41 Å².